The van der Waals surface area contributed by atoms with Crippen LogP contribution in [0.4, 0.5) is 0 Å². The van der Waals surface area contributed by atoms with E-state index in [9.17, 15) is 4.79 Å². The van der Waals surface area contributed by atoms with E-state index in [0.29, 0.717) is 16.1 Å². The molecule has 0 saturated heterocycles. The van der Waals surface area contributed by atoms with Crippen LogP contribution >= 0.6 is 46.4 Å². The predicted molar refractivity (Wildman–Crippen MR) is 76.7 cm³/mol. The predicted octanol–water partition coefficient (Wildman–Crippen LogP) is 4.77. The number of fused-ring (bicyclic) bond motifs is 1. The van der Waals surface area contributed by atoms with Gasteiger partial charge in [0.1, 0.15) is 11.4 Å². The van der Waals surface area contributed by atoms with Gasteiger partial charge in [-0.2, -0.15) is 0 Å². The Bertz CT molecular complexity index is 638. The molecule has 0 N–H and O–H groups in total. The molecular weight excluding hydrogens is 330 g/mol. The number of ketones is 1. The summed E-state index contributed by atoms with van der Waals surface area (Å²) in [7, 11) is 1.53. The fraction of sp³-hybridized carbons (Fsp3) is 0.308. The average Bonchev–Trinajstić information content (AvgIpc) is 2.42. The minimum atomic E-state index is -0.893. The minimum Gasteiger partial charge on any atom is -0.369 e. The number of rotatable bonds is 1. The first-order valence-corrected chi connectivity index (χ1v) is 7.07. The van der Waals surface area contributed by atoms with Crippen LogP contribution in [0.15, 0.2) is 12.2 Å². The molecule has 1 aromatic rings. The molecule has 0 amide bonds. The highest BCUT2D eigenvalue weighted by Crippen LogP contribution is 2.56. The summed E-state index contributed by atoms with van der Waals surface area (Å²) in [6.45, 7) is 0. The van der Waals surface area contributed by atoms with Gasteiger partial charge in [0.25, 0.3) is 0 Å². The van der Waals surface area contributed by atoms with Gasteiger partial charge in [0.2, 0.25) is 0 Å². The molecule has 3 aliphatic carbocycles. The third-order valence-electron chi connectivity index (χ3n) is 3.74. The maximum absolute atomic E-state index is 12.1. The zero-order chi connectivity index (χ0) is 13.9. The number of halogens is 4. The van der Waals surface area contributed by atoms with Gasteiger partial charge in [0.15, 0.2) is 0 Å². The molecule has 4 rings (SSSR count). The van der Waals surface area contributed by atoms with Crippen LogP contribution < -0.4 is 0 Å². The normalized spacial score (nSPS) is 27.8. The Morgan fingerprint density at radius 3 is 2.37 bits per heavy atom. The van der Waals surface area contributed by atoms with E-state index in [1.165, 1.54) is 7.11 Å². The summed E-state index contributed by atoms with van der Waals surface area (Å²) in [5, 5.41) is 0.939. The second-order valence-corrected chi connectivity index (χ2v) is 6.13. The van der Waals surface area contributed by atoms with Crippen molar-refractivity contribution in [2.45, 2.75) is 17.9 Å². The van der Waals surface area contributed by atoms with Crippen LogP contribution in [-0.2, 0) is 15.1 Å². The number of carbonyl (C=O) groups excluding carboxylic acids is 1. The second kappa shape index (κ2) is 4.37. The second-order valence-electron chi connectivity index (χ2n) is 4.62. The van der Waals surface area contributed by atoms with E-state index in [0.717, 1.165) is 0 Å². The molecule has 6 heteroatoms. The van der Waals surface area contributed by atoms with Crippen molar-refractivity contribution in [2.75, 3.05) is 7.11 Å². The average molecular weight is 338 g/mol. The molecule has 0 fully saturated rings. The molecule has 0 spiro atoms. The maximum atomic E-state index is 12.1. The highest BCUT2D eigenvalue weighted by molar-refractivity contribution is 6.52. The van der Waals surface area contributed by atoms with E-state index in [-0.39, 0.29) is 27.3 Å². The lowest BCUT2D eigenvalue weighted by molar-refractivity contribution is -0.127. The van der Waals surface area contributed by atoms with Crippen LogP contribution in [0.5, 0.6) is 0 Å². The van der Waals surface area contributed by atoms with Crippen molar-refractivity contribution >= 4 is 52.2 Å². The number of Topliss-reactive ketones (excluding diaryl/α,β-unsaturated/α-hetero) is 1. The lowest BCUT2D eigenvalue weighted by Crippen LogP contribution is -2.41. The Morgan fingerprint density at radius 2 is 1.79 bits per heavy atom. The lowest BCUT2D eigenvalue weighted by atomic mass is 9.68. The van der Waals surface area contributed by atoms with Crippen molar-refractivity contribution in [3.8, 4) is 0 Å². The third kappa shape index (κ3) is 1.64. The van der Waals surface area contributed by atoms with Crippen LogP contribution in [0.25, 0.3) is 0 Å². The van der Waals surface area contributed by atoms with E-state index in [1.807, 2.05) is 6.08 Å². The summed E-state index contributed by atoms with van der Waals surface area (Å²) in [5.41, 5.74) is 0.376. The van der Waals surface area contributed by atoms with Crippen LogP contribution in [-0.4, -0.2) is 12.9 Å². The summed E-state index contributed by atoms with van der Waals surface area (Å²) in [6.07, 6.45) is 3.85. The van der Waals surface area contributed by atoms with Crippen molar-refractivity contribution in [3.05, 3.63) is 43.4 Å². The molecule has 0 saturated carbocycles. The van der Waals surface area contributed by atoms with Gasteiger partial charge < -0.3 is 4.74 Å². The Hall–Kier alpha value is -0.250. The Labute approximate surface area is 130 Å². The molecule has 2 bridgehead atoms. The monoisotopic (exact) mass is 336 g/mol. The van der Waals surface area contributed by atoms with E-state index >= 15 is 0 Å². The molecule has 3 aliphatic rings. The lowest BCUT2D eigenvalue weighted by Gasteiger charge is -2.42. The fourth-order valence-electron chi connectivity index (χ4n) is 2.81. The van der Waals surface area contributed by atoms with Gasteiger partial charge in [0.05, 0.1) is 26.0 Å². The van der Waals surface area contributed by atoms with Crippen LogP contribution in [0.1, 0.15) is 23.5 Å². The van der Waals surface area contributed by atoms with Crippen molar-refractivity contribution in [1.82, 2.24) is 0 Å². The first-order chi connectivity index (χ1) is 8.93. The van der Waals surface area contributed by atoms with E-state index in [4.69, 9.17) is 51.1 Å². The zero-order valence-corrected chi connectivity index (χ0v) is 12.8. The maximum Gasteiger partial charge on any atom is 0.147 e. The molecule has 0 aliphatic heterocycles. The van der Waals surface area contributed by atoms with Gasteiger partial charge in [0, 0.05) is 19.1 Å². The Kier molecular flexibility index (Phi) is 3.16. The number of allylic oxidation sites excluding steroid dienone is 1. The van der Waals surface area contributed by atoms with Crippen molar-refractivity contribution in [1.29, 1.82) is 0 Å². The standard InChI is InChI=1S/C13H8Cl4O2/c1-19-13-3-2-5(6(18)4-13)7-8(13)10(15)12(17)11(16)9(7)14/h2-3,5H,4H2,1H3/t5-,13-/m0/s1. The van der Waals surface area contributed by atoms with Crippen LogP contribution in [0, 0.1) is 0 Å². The smallest absolute Gasteiger partial charge is 0.147 e. The number of benzene rings is 1. The fourth-order valence-corrected chi connectivity index (χ4v) is 3.96. The molecule has 19 heavy (non-hydrogen) atoms. The van der Waals surface area contributed by atoms with Crippen molar-refractivity contribution in [3.63, 3.8) is 0 Å². The van der Waals surface area contributed by atoms with Gasteiger partial charge in [-0.05, 0) is 5.56 Å². The van der Waals surface area contributed by atoms with Crippen LogP contribution in [0.3, 0.4) is 0 Å². The molecule has 100 valence electrons. The summed E-state index contributed by atoms with van der Waals surface area (Å²) in [5.74, 6) is -0.389. The molecule has 0 heterocycles. The van der Waals surface area contributed by atoms with Crippen LogP contribution in [0.2, 0.25) is 20.1 Å². The highest BCUT2D eigenvalue weighted by Gasteiger charge is 2.49. The summed E-state index contributed by atoms with van der Waals surface area (Å²) >= 11 is 24.7. The Morgan fingerprint density at radius 1 is 1.16 bits per heavy atom. The molecule has 1 aromatic carbocycles. The number of ether oxygens (including phenoxy) is 1. The summed E-state index contributed by atoms with van der Waals surface area (Å²) in [4.78, 5) is 12.1. The van der Waals surface area contributed by atoms with E-state index < -0.39 is 11.5 Å². The molecule has 2 nitrogen and oxygen atoms in total. The van der Waals surface area contributed by atoms with Gasteiger partial charge in [-0.15, -0.1) is 0 Å². The number of methoxy groups -OCH3 is 1. The van der Waals surface area contributed by atoms with Crippen molar-refractivity contribution in [2.24, 2.45) is 0 Å². The van der Waals surface area contributed by atoms with Gasteiger partial charge in [-0.1, -0.05) is 58.6 Å². The van der Waals surface area contributed by atoms with Gasteiger partial charge in [-0.25, -0.2) is 0 Å². The van der Waals surface area contributed by atoms with Gasteiger partial charge >= 0.3 is 0 Å². The summed E-state index contributed by atoms with van der Waals surface area (Å²) in [6, 6.07) is 0. The van der Waals surface area contributed by atoms with Gasteiger partial charge in [-0.3, -0.25) is 4.79 Å². The third-order valence-corrected chi connectivity index (χ3v) is 5.56. The first kappa shape index (κ1) is 13.7. The number of carbonyl (C=O) groups is 1. The summed E-state index contributed by atoms with van der Waals surface area (Å²) < 4.78 is 5.54. The quantitative estimate of drug-likeness (QED) is 0.419. The van der Waals surface area contributed by atoms with E-state index in [1.54, 1.807) is 6.08 Å². The molecule has 0 aromatic heterocycles. The molecule has 0 radical (unpaired) electrons. The SMILES string of the molecule is CO[C@@]12C=C[C@@H](C(=O)C1)c1c(Cl)c(Cl)c(Cl)c(Cl)c12. The first-order valence-electron chi connectivity index (χ1n) is 5.56. The number of hydrogen-bond acceptors (Lipinski definition) is 2. The molecule has 0 unspecified atom stereocenters. The topological polar surface area (TPSA) is 26.3 Å². The molecule has 2 atom stereocenters. The largest absolute Gasteiger partial charge is 0.369 e. The Balaban J connectivity index is 2.44. The number of hydrogen-bond donors (Lipinski definition) is 0. The van der Waals surface area contributed by atoms with E-state index in [2.05, 4.69) is 0 Å². The minimum absolute atomic E-state index is 0.0354. The molecular formula is C13H8Cl4O2. The van der Waals surface area contributed by atoms with Crippen molar-refractivity contribution < 1.29 is 9.53 Å². The highest BCUT2D eigenvalue weighted by atomic mass is 35.5. The zero-order valence-electron chi connectivity index (χ0n) is 9.77.